The van der Waals surface area contributed by atoms with Gasteiger partial charge in [-0.05, 0) is 118 Å². The van der Waals surface area contributed by atoms with Crippen molar-refractivity contribution >= 4 is 0 Å². The minimum absolute atomic E-state index is 0. The molecule has 0 radical (unpaired) electrons. The van der Waals surface area contributed by atoms with Gasteiger partial charge in [-0.1, -0.05) is 193 Å². The molecule has 6 aromatic carbocycles. The van der Waals surface area contributed by atoms with Crippen molar-refractivity contribution in [3.05, 3.63) is 191 Å². The third-order valence-electron chi connectivity index (χ3n) is 8.77. The molecule has 6 rings (SSSR count). The summed E-state index contributed by atoms with van der Waals surface area (Å²) in [5, 5.41) is 0. The monoisotopic (exact) mass is 751 g/mol. The van der Waals surface area contributed by atoms with Crippen molar-refractivity contribution in [2.24, 2.45) is 5.92 Å². The van der Waals surface area contributed by atoms with E-state index in [9.17, 15) is 0 Å². The number of hydrogen-bond acceptors (Lipinski definition) is 2. The summed E-state index contributed by atoms with van der Waals surface area (Å²) in [6.07, 6.45) is 1.03. The Kier molecular flexibility index (Phi) is 21.1. The molecule has 0 aliphatic rings. The van der Waals surface area contributed by atoms with E-state index in [1.54, 1.807) is 0 Å². The van der Waals surface area contributed by atoms with Crippen LogP contribution in [0.25, 0.3) is 0 Å². The van der Waals surface area contributed by atoms with Crippen LogP contribution in [-0.4, -0.2) is 0 Å². The molecule has 0 heterocycles. The maximum absolute atomic E-state index is 5.85. The Balaban J connectivity index is 0.000000278. The van der Waals surface area contributed by atoms with E-state index in [1.165, 1.54) is 33.4 Å². The Morgan fingerprint density at radius 2 is 0.643 bits per heavy atom. The van der Waals surface area contributed by atoms with Crippen LogP contribution in [0.15, 0.2) is 158 Å². The van der Waals surface area contributed by atoms with Crippen molar-refractivity contribution in [1.82, 2.24) is 0 Å². The van der Waals surface area contributed by atoms with E-state index in [1.807, 2.05) is 84.9 Å². The van der Waals surface area contributed by atoms with E-state index in [0.29, 0.717) is 23.7 Å². The molecular formula is C54H70O2. The lowest BCUT2D eigenvalue weighted by Crippen LogP contribution is -1.97. The first-order valence-corrected chi connectivity index (χ1v) is 20.1. The Morgan fingerprint density at radius 1 is 0.339 bits per heavy atom. The molecule has 0 aliphatic heterocycles. The highest BCUT2D eigenvalue weighted by Crippen LogP contribution is 2.26. The van der Waals surface area contributed by atoms with Gasteiger partial charge in [0, 0.05) is 0 Å². The van der Waals surface area contributed by atoms with Crippen LogP contribution in [0.4, 0.5) is 0 Å². The number of para-hydroxylation sites is 2. The number of rotatable bonds is 10. The average Bonchev–Trinajstić information content (AvgIpc) is 3.17. The van der Waals surface area contributed by atoms with Crippen LogP contribution < -0.4 is 9.47 Å². The standard InChI is InChI=1S/C19H24.C18H22O.C12H10O.C4H10.CH4/c1-14(2)17-11-9-16(10-12-17)13-18-7-5-6-8-19(18)15(3)4;1-13(2)15-5-9-17(10-6-15)19-18-11-7-16(8-12-18)14(3)4;1-3-7-11(8-4-1)13-12-9-5-2-6-10-12;1-4(2)3;/h5-12,14-15H,13H2,1-4H3;5-14H,1-4H3;1-10H;4H,1-3H3;1H4. The van der Waals surface area contributed by atoms with Crippen molar-refractivity contribution in [2.45, 2.75) is 114 Å². The van der Waals surface area contributed by atoms with Crippen LogP contribution in [0.1, 0.15) is 141 Å². The van der Waals surface area contributed by atoms with Crippen molar-refractivity contribution in [3.8, 4) is 23.0 Å². The summed E-state index contributed by atoms with van der Waals surface area (Å²) >= 11 is 0. The molecule has 6 aromatic rings. The fourth-order valence-corrected chi connectivity index (χ4v) is 5.59. The van der Waals surface area contributed by atoms with E-state index in [-0.39, 0.29) is 7.43 Å². The molecule has 2 nitrogen and oxygen atoms in total. The molecule has 2 heteroatoms. The van der Waals surface area contributed by atoms with E-state index < -0.39 is 0 Å². The second-order valence-corrected chi connectivity index (χ2v) is 15.9. The van der Waals surface area contributed by atoms with Gasteiger partial charge in [0.1, 0.15) is 23.0 Å². The highest BCUT2D eigenvalue weighted by Gasteiger charge is 2.07. The van der Waals surface area contributed by atoms with Crippen LogP contribution in [-0.2, 0) is 6.42 Å². The van der Waals surface area contributed by atoms with E-state index in [4.69, 9.17) is 9.47 Å². The number of hydrogen-bond donors (Lipinski definition) is 0. The molecular weight excluding hydrogens is 681 g/mol. The van der Waals surface area contributed by atoms with Gasteiger partial charge in [0.25, 0.3) is 0 Å². The smallest absolute Gasteiger partial charge is 0.127 e. The molecule has 0 unspecified atom stereocenters. The van der Waals surface area contributed by atoms with Crippen molar-refractivity contribution in [2.75, 3.05) is 0 Å². The lowest BCUT2D eigenvalue weighted by molar-refractivity contribution is 0.482. The Hall–Kier alpha value is -5.08. The van der Waals surface area contributed by atoms with Gasteiger partial charge in [0.05, 0.1) is 0 Å². The summed E-state index contributed by atoms with van der Waals surface area (Å²) in [4.78, 5) is 0. The van der Waals surface area contributed by atoms with E-state index >= 15 is 0 Å². The van der Waals surface area contributed by atoms with Gasteiger partial charge < -0.3 is 9.47 Å². The van der Waals surface area contributed by atoms with Gasteiger partial charge in [0.15, 0.2) is 0 Å². The Labute approximate surface area is 342 Å². The first kappa shape index (κ1) is 47.1. The summed E-state index contributed by atoms with van der Waals surface area (Å²) in [6, 6.07) is 54.0. The van der Waals surface area contributed by atoms with Crippen LogP contribution in [0.5, 0.6) is 23.0 Å². The molecule has 0 spiro atoms. The lowest BCUT2D eigenvalue weighted by atomic mass is 9.92. The number of benzene rings is 6. The molecule has 298 valence electrons. The molecule has 0 aliphatic carbocycles. The molecule has 0 N–H and O–H groups in total. The fourth-order valence-electron chi connectivity index (χ4n) is 5.59. The summed E-state index contributed by atoms with van der Waals surface area (Å²) in [7, 11) is 0. The Morgan fingerprint density at radius 3 is 0.982 bits per heavy atom. The predicted octanol–water partition coefficient (Wildman–Crippen LogP) is 17.0. The molecule has 56 heavy (non-hydrogen) atoms. The summed E-state index contributed by atoms with van der Waals surface area (Å²) in [6.45, 7) is 24.3. The van der Waals surface area contributed by atoms with Gasteiger partial charge in [-0.3, -0.25) is 0 Å². The van der Waals surface area contributed by atoms with Crippen LogP contribution in [0.3, 0.4) is 0 Å². The Bertz CT molecular complexity index is 1780. The molecule has 0 amide bonds. The zero-order valence-corrected chi connectivity index (χ0v) is 35.4. The second kappa shape index (κ2) is 25.2. The van der Waals surface area contributed by atoms with E-state index in [2.05, 4.69) is 149 Å². The van der Waals surface area contributed by atoms with Crippen molar-refractivity contribution in [1.29, 1.82) is 0 Å². The summed E-state index contributed by atoms with van der Waals surface area (Å²) in [5.41, 5.74) is 8.41. The number of ether oxygens (including phenoxy) is 2. The van der Waals surface area contributed by atoms with Crippen molar-refractivity contribution in [3.63, 3.8) is 0 Å². The normalized spacial score (nSPS) is 10.4. The molecule has 0 atom stereocenters. The average molecular weight is 751 g/mol. The second-order valence-electron chi connectivity index (χ2n) is 15.9. The van der Waals surface area contributed by atoms with E-state index in [0.717, 1.165) is 35.3 Å². The third kappa shape index (κ3) is 17.6. The third-order valence-corrected chi connectivity index (χ3v) is 8.77. The fraction of sp³-hybridized carbons (Fsp3) is 0.333. The summed E-state index contributed by atoms with van der Waals surface area (Å²) in [5.74, 6) is 6.66. The maximum atomic E-state index is 5.85. The molecule has 0 fully saturated rings. The molecule has 0 bridgehead atoms. The highest BCUT2D eigenvalue weighted by atomic mass is 16.5. The summed E-state index contributed by atoms with van der Waals surface area (Å²) < 4.78 is 11.4. The zero-order chi connectivity index (χ0) is 40.2. The minimum atomic E-state index is 0. The van der Waals surface area contributed by atoms with Crippen molar-refractivity contribution < 1.29 is 9.47 Å². The van der Waals surface area contributed by atoms with Gasteiger partial charge in [-0.15, -0.1) is 0 Å². The SMILES string of the molecule is C.CC(C)C.CC(C)c1ccc(Cc2ccccc2C(C)C)cc1.CC(C)c1ccc(Oc2ccc(C(C)C)cc2)cc1.c1ccc(Oc2ccccc2)cc1. The molecule has 0 saturated carbocycles. The molecule has 0 saturated heterocycles. The van der Waals surface area contributed by atoms with Crippen LogP contribution >= 0.6 is 0 Å². The minimum Gasteiger partial charge on any atom is -0.457 e. The van der Waals surface area contributed by atoms with Gasteiger partial charge >= 0.3 is 0 Å². The van der Waals surface area contributed by atoms with Gasteiger partial charge in [-0.25, -0.2) is 0 Å². The first-order chi connectivity index (χ1) is 26.3. The van der Waals surface area contributed by atoms with Crippen LogP contribution in [0.2, 0.25) is 0 Å². The van der Waals surface area contributed by atoms with Crippen LogP contribution in [0, 0.1) is 5.92 Å². The first-order valence-electron chi connectivity index (χ1n) is 20.1. The lowest BCUT2D eigenvalue weighted by Gasteiger charge is -2.13. The largest absolute Gasteiger partial charge is 0.457 e. The van der Waals surface area contributed by atoms with Gasteiger partial charge in [0.2, 0.25) is 0 Å². The molecule has 0 aromatic heterocycles. The predicted molar refractivity (Wildman–Crippen MR) is 245 cm³/mol. The highest BCUT2D eigenvalue weighted by molar-refractivity contribution is 5.37. The zero-order valence-electron chi connectivity index (χ0n) is 35.4. The quantitative estimate of drug-likeness (QED) is 0.139. The van der Waals surface area contributed by atoms with Gasteiger partial charge in [-0.2, -0.15) is 0 Å². The maximum Gasteiger partial charge on any atom is 0.127 e. The topological polar surface area (TPSA) is 18.5 Å².